The van der Waals surface area contributed by atoms with Gasteiger partial charge in [0.25, 0.3) is 0 Å². The molecule has 2 aliphatic rings. The van der Waals surface area contributed by atoms with Gasteiger partial charge in [-0.1, -0.05) is 0 Å². The fourth-order valence-electron chi connectivity index (χ4n) is 4.23. The van der Waals surface area contributed by atoms with E-state index < -0.39 is 12.1 Å². The van der Waals surface area contributed by atoms with Gasteiger partial charge in [-0.3, -0.25) is 19.6 Å². The number of carbonyl (C=O) groups excluding carboxylic acids is 3. The van der Waals surface area contributed by atoms with Gasteiger partial charge in [0.15, 0.2) is 0 Å². The van der Waals surface area contributed by atoms with E-state index in [0.717, 1.165) is 50.6 Å². The molecule has 0 bridgehead atoms. The van der Waals surface area contributed by atoms with Crippen LogP contribution in [0.15, 0.2) is 12.3 Å². The average Bonchev–Trinajstić information content (AvgIpc) is 3.27. The maximum atomic E-state index is 12.7. The van der Waals surface area contributed by atoms with Gasteiger partial charge in [-0.25, -0.2) is 4.79 Å². The lowest BCUT2D eigenvalue weighted by Gasteiger charge is -2.35. The van der Waals surface area contributed by atoms with Gasteiger partial charge in [0, 0.05) is 43.4 Å². The molecule has 1 saturated carbocycles. The Morgan fingerprint density at radius 1 is 1.17 bits per heavy atom. The van der Waals surface area contributed by atoms with E-state index >= 15 is 0 Å². The van der Waals surface area contributed by atoms with E-state index in [9.17, 15) is 14.4 Å². The molecule has 1 atom stereocenters. The molecular weight excluding hydrogens is 374 g/mol. The number of H-pyrrole nitrogens is 1. The molecule has 9 nitrogen and oxygen atoms in total. The summed E-state index contributed by atoms with van der Waals surface area (Å²) in [7, 11) is 1.34. The molecule has 1 unspecified atom stereocenters. The van der Waals surface area contributed by atoms with Crippen molar-refractivity contribution in [2.24, 2.45) is 5.92 Å². The maximum Gasteiger partial charge on any atom is 0.410 e. The van der Waals surface area contributed by atoms with E-state index in [2.05, 4.69) is 20.8 Å². The highest BCUT2D eigenvalue weighted by Gasteiger charge is 2.34. The van der Waals surface area contributed by atoms with Crippen LogP contribution in [0.1, 0.15) is 50.6 Å². The number of ether oxygens (including phenoxy) is 1. The minimum Gasteiger partial charge on any atom is -0.453 e. The van der Waals surface area contributed by atoms with E-state index in [4.69, 9.17) is 4.74 Å². The summed E-state index contributed by atoms with van der Waals surface area (Å²) in [5.74, 6) is -0.0350. The van der Waals surface area contributed by atoms with Crippen molar-refractivity contribution in [2.75, 3.05) is 20.2 Å². The van der Waals surface area contributed by atoms with Crippen LogP contribution in [-0.4, -0.2) is 65.3 Å². The molecule has 1 aliphatic carbocycles. The Hall–Kier alpha value is -2.58. The predicted molar refractivity (Wildman–Crippen MR) is 106 cm³/mol. The van der Waals surface area contributed by atoms with Crippen LogP contribution in [0.5, 0.6) is 0 Å². The largest absolute Gasteiger partial charge is 0.453 e. The summed E-state index contributed by atoms with van der Waals surface area (Å²) in [5.41, 5.74) is 1.00. The highest BCUT2D eigenvalue weighted by atomic mass is 16.5. The molecule has 1 aliphatic heterocycles. The SMILES string of the molecule is COC(=O)N1CCCCC1C(=O)NC1CCC(C(=O)NCCc2ccn[nH]2)CC1. The summed E-state index contributed by atoms with van der Waals surface area (Å²) in [6, 6.07) is 1.49. The summed E-state index contributed by atoms with van der Waals surface area (Å²) >= 11 is 0. The van der Waals surface area contributed by atoms with Gasteiger partial charge in [-0.2, -0.15) is 5.10 Å². The molecule has 3 N–H and O–H groups in total. The second kappa shape index (κ2) is 10.3. The third-order valence-corrected chi connectivity index (χ3v) is 5.91. The molecule has 0 spiro atoms. The van der Waals surface area contributed by atoms with Crippen molar-refractivity contribution in [1.29, 1.82) is 0 Å². The number of nitrogens with one attached hydrogen (secondary N) is 3. The molecule has 2 heterocycles. The number of aromatic nitrogens is 2. The first kappa shape index (κ1) is 21.1. The highest BCUT2D eigenvalue weighted by Crippen LogP contribution is 2.25. The van der Waals surface area contributed by atoms with Crippen molar-refractivity contribution in [3.05, 3.63) is 18.0 Å². The number of carbonyl (C=O) groups is 3. The van der Waals surface area contributed by atoms with Crippen LogP contribution in [0.2, 0.25) is 0 Å². The fourth-order valence-corrected chi connectivity index (χ4v) is 4.23. The third kappa shape index (κ3) is 5.71. The summed E-state index contributed by atoms with van der Waals surface area (Å²) in [4.78, 5) is 38.5. The molecule has 0 radical (unpaired) electrons. The van der Waals surface area contributed by atoms with Crippen molar-refractivity contribution >= 4 is 17.9 Å². The van der Waals surface area contributed by atoms with E-state index in [1.165, 1.54) is 12.0 Å². The van der Waals surface area contributed by atoms with E-state index in [1.54, 1.807) is 6.20 Å². The third-order valence-electron chi connectivity index (χ3n) is 5.91. The molecule has 29 heavy (non-hydrogen) atoms. The van der Waals surface area contributed by atoms with Gasteiger partial charge in [0.1, 0.15) is 6.04 Å². The number of nitrogens with zero attached hydrogens (tertiary/aromatic N) is 2. The van der Waals surface area contributed by atoms with Crippen molar-refractivity contribution in [3.8, 4) is 0 Å². The number of rotatable bonds is 6. The van der Waals surface area contributed by atoms with Crippen LogP contribution in [-0.2, 0) is 20.7 Å². The normalized spacial score (nSPS) is 24.6. The van der Waals surface area contributed by atoms with Crippen molar-refractivity contribution < 1.29 is 19.1 Å². The van der Waals surface area contributed by atoms with Gasteiger partial charge in [0.2, 0.25) is 11.8 Å². The van der Waals surface area contributed by atoms with Gasteiger partial charge < -0.3 is 15.4 Å². The zero-order valence-corrected chi connectivity index (χ0v) is 17.0. The number of amides is 3. The van der Waals surface area contributed by atoms with Crippen LogP contribution < -0.4 is 10.6 Å². The lowest BCUT2D eigenvalue weighted by Crippen LogP contribution is -2.54. The van der Waals surface area contributed by atoms with Crippen LogP contribution in [0.4, 0.5) is 4.79 Å². The average molecular weight is 405 g/mol. The highest BCUT2D eigenvalue weighted by molar-refractivity contribution is 5.86. The summed E-state index contributed by atoms with van der Waals surface area (Å²) in [6.45, 7) is 1.14. The molecule has 3 rings (SSSR count). The van der Waals surface area contributed by atoms with Gasteiger partial charge >= 0.3 is 6.09 Å². The molecule has 1 aromatic heterocycles. The molecule has 0 aromatic carbocycles. The maximum absolute atomic E-state index is 12.7. The zero-order valence-electron chi connectivity index (χ0n) is 17.0. The molecule has 160 valence electrons. The molecule has 9 heteroatoms. The lowest BCUT2D eigenvalue weighted by atomic mass is 9.85. The van der Waals surface area contributed by atoms with Gasteiger partial charge in [0.05, 0.1) is 7.11 Å². The number of methoxy groups -OCH3 is 1. The summed E-state index contributed by atoms with van der Waals surface area (Å²) in [5, 5.41) is 12.9. The Bertz CT molecular complexity index is 685. The van der Waals surface area contributed by atoms with Crippen LogP contribution >= 0.6 is 0 Å². The van der Waals surface area contributed by atoms with E-state index in [1.807, 2.05) is 6.07 Å². The predicted octanol–water partition coefficient (Wildman–Crippen LogP) is 1.36. The van der Waals surface area contributed by atoms with E-state index in [0.29, 0.717) is 19.5 Å². The minimum absolute atomic E-state index is 0.00818. The quantitative estimate of drug-likeness (QED) is 0.661. The Labute approximate surface area is 170 Å². The minimum atomic E-state index is -0.459. The number of likely N-dealkylation sites (tertiary alicyclic amines) is 1. The van der Waals surface area contributed by atoms with Crippen molar-refractivity contribution in [1.82, 2.24) is 25.7 Å². The number of piperidine rings is 1. The Morgan fingerprint density at radius 2 is 1.97 bits per heavy atom. The van der Waals surface area contributed by atoms with Crippen LogP contribution in [0.25, 0.3) is 0 Å². The summed E-state index contributed by atoms with van der Waals surface area (Å²) < 4.78 is 4.81. The second-order valence-electron chi connectivity index (χ2n) is 7.86. The van der Waals surface area contributed by atoms with Crippen LogP contribution in [0, 0.1) is 5.92 Å². The Kier molecular flexibility index (Phi) is 7.48. The molecule has 2 fully saturated rings. The molecule has 1 saturated heterocycles. The molecule has 3 amide bonds. The van der Waals surface area contributed by atoms with Gasteiger partial charge in [-0.15, -0.1) is 0 Å². The second-order valence-corrected chi connectivity index (χ2v) is 7.86. The van der Waals surface area contributed by atoms with Gasteiger partial charge in [-0.05, 0) is 51.0 Å². The molecule has 1 aromatic rings. The van der Waals surface area contributed by atoms with Crippen molar-refractivity contribution in [3.63, 3.8) is 0 Å². The number of hydrogen-bond donors (Lipinski definition) is 3. The zero-order chi connectivity index (χ0) is 20.6. The first-order valence-corrected chi connectivity index (χ1v) is 10.5. The fraction of sp³-hybridized carbons (Fsp3) is 0.700. The number of hydrogen-bond acceptors (Lipinski definition) is 5. The Morgan fingerprint density at radius 3 is 2.66 bits per heavy atom. The van der Waals surface area contributed by atoms with Crippen LogP contribution in [0.3, 0.4) is 0 Å². The Balaban J connectivity index is 1.40. The first-order chi connectivity index (χ1) is 14.1. The van der Waals surface area contributed by atoms with E-state index in [-0.39, 0.29) is 23.8 Å². The molecular formula is C20H31N5O4. The monoisotopic (exact) mass is 405 g/mol. The number of aromatic amines is 1. The smallest absolute Gasteiger partial charge is 0.410 e. The van der Waals surface area contributed by atoms with Crippen molar-refractivity contribution in [2.45, 2.75) is 63.5 Å². The topological polar surface area (TPSA) is 116 Å². The first-order valence-electron chi connectivity index (χ1n) is 10.5. The standard InChI is InChI=1S/C20H31N5O4/c1-29-20(28)25-13-3-2-4-17(25)19(27)23-15-7-5-14(6-8-15)18(26)21-11-9-16-10-12-22-24-16/h10,12,14-15,17H,2-9,11,13H2,1H3,(H,21,26)(H,22,24)(H,23,27). The summed E-state index contributed by atoms with van der Waals surface area (Å²) in [6.07, 6.45) is 7.52. The lowest BCUT2D eigenvalue weighted by molar-refractivity contribution is -0.128.